The van der Waals surface area contributed by atoms with Crippen molar-refractivity contribution in [3.05, 3.63) is 35.6 Å². The van der Waals surface area contributed by atoms with Crippen LogP contribution in [-0.4, -0.2) is 29.5 Å². The Morgan fingerprint density at radius 2 is 1.93 bits per heavy atom. The van der Waals surface area contributed by atoms with Gasteiger partial charge in [0, 0.05) is 36.7 Å². The molecule has 0 unspecified atom stereocenters. The van der Waals surface area contributed by atoms with Crippen molar-refractivity contribution in [2.75, 3.05) is 24.6 Å². The number of rotatable bonds is 2. The molecule has 1 fully saturated rings. The fourth-order valence-electron chi connectivity index (χ4n) is 1.63. The third kappa shape index (κ3) is 2.49. The predicted octanol–water partition coefficient (Wildman–Crippen LogP) is 2.37. The van der Waals surface area contributed by atoms with Crippen LogP contribution in [0.4, 0.5) is 4.39 Å². The molecule has 1 aliphatic heterocycles. The Kier molecular flexibility index (Phi) is 3.43. The normalized spacial score (nSPS) is 18.4. The molecular weight excluding hydrogens is 197 g/mol. The second kappa shape index (κ2) is 4.80. The van der Waals surface area contributed by atoms with Crippen molar-refractivity contribution in [1.82, 2.24) is 4.90 Å². The highest BCUT2D eigenvalue weighted by Crippen LogP contribution is 2.14. The maximum atomic E-state index is 13.3. The van der Waals surface area contributed by atoms with Gasteiger partial charge in [-0.3, -0.25) is 4.90 Å². The van der Waals surface area contributed by atoms with Gasteiger partial charge < -0.3 is 0 Å². The summed E-state index contributed by atoms with van der Waals surface area (Å²) in [7, 11) is 0. The summed E-state index contributed by atoms with van der Waals surface area (Å²) in [5.74, 6) is 2.27. The van der Waals surface area contributed by atoms with Crippen molar-refractivity contribution in [1.29, 1.82) is 0 Å². The van der Waals surface area contributed by atoms with Crippen LogP contribution < -0.4 is 0 Å². The number of nitrogens with zero attached hydrogens (tertiary/aromatic N) is 1. The van der Waals surface area contributed by atoms with Crippen molar-refractivity contribution in [2.24, 2.45) is 0 Å². The van der Waals surface area contributed by atoms with Crippen molar-refractivity contribution in [2.45, 2.75) is 6.54 Å². The summed E-state index contributed by atoms with van der Waals surface area (Å²) in [4.78, 5) is 2.31. The first-order valence-electron chi connectivity index (χ1n) is 4.90. The molecule has 2 rings (SSSR count). The molecule has 0 amide bonds. The zero-order chi connectivity index (χ0) is 9.80. The Balaban J connectivity index is 1.99. The number of hydrogen-bond donors (Lipinski definition) is 0. The van der Waals surface area contributed by atoms with Crippen molar-refractivity contribution in [3.8, 4) is 0 Å². The maximum Gasteiger partial charge on any atom is 0.127 e. The van der Waals surface area contributed by atoms with E-state index in [1.165, 1.54) is 17.6 Å². The lowest BCUT2D eigenvalue weighted by Gasteiger charge is -2.26. The van der Waals surface area contributed by atoms with Gasteiger partial charge >= 0.3 is 0 Å². The van der Waals surface area contributed by atoms with Gasteiger partial charge in [-0.15, -0.1) is 0 Å². The summed E-state index contributed by atoms with van der Waals surface area (Å²) in [5, 5.41) is 0. The van der Waals surface area contributed by atoms with Gasteiger partial charge in [0.1, 0.15) is 5.82 Å². The van der Waals surface area contributed by atoms with E-state index in [1.807, 2.05) is 23.9 Å². The van der Waals surface area contributed by atoms with Gasteiger partial charge in [0.25, 0.3) is 0 Å². The summed E-state index contributed by atoms with van der Waals surface area (Å²) in [6.07, 6.45) is 0. The third-order valence-corrected chi connectivity index (χ3v) is 3.40. The summed E-state index contributed by atoms with van der Waals surface area (Å²) in [6, 6.07) is 7.05. The molecule has 1 aromatic carbocycles. The van der Waals surface area contributed by atoms with Crippen molar-refractivity contribution >= 4 is 11.8 Å². The van der Waals surface area contributed by atoms with Gasteiger partial charge in [0.05, 0.1) is 0 Å². The van der Waals surface area contributed by atoms with Gasteiger partial charge in [0.15, 0.2) is 0 Å². The standard InChI is InChI=1S/C11H14FNS/c12-11-4-2-1-3-10(11)9-13-5-7-14-8-6-13/h1-4H,5-9H2. The predicted molar refractivity (Wildman–Crippen MR) is 59.0 cm³/mol. The third-order valence-electron chi connectivity index (χ3n) is 2.46. The van der Waals surface area contributed by atoms with Crippen LogP contribution in [0, 0.1) is 5.82 Å². The zero-order valence-electron chi connectivity index (χ0n) is 8.08. The smallest absolute Gasteiger partial charge is 0.127 e. The molecule has 1 heterocycles. The Labute approximate surface area is 88.3 Å². The van der Waals surface area contributed by atoms with Gasteiger partial charge in [-0.25, -0.2) is 4.39 Å². The molecule has 0 aliphatic carbocycles. The molecule has 76 valence electrons. The van der Waals surface area contributed by atoms with Crippen molar-refractivity contribution < 1.29 is 4.39 Å². The minimum absolute atomic E-state index is 0.0780. The first-order valence-corrected chi connectivity index (χ1v) is 6.05. The Hall–Kier alpha value is -0.540. The van der Waals surface area contributed by atoms with Gasteiger partial charge in [-0.05, 0) is 6.07 Å². The molecule has 0 spiro atoms. The summed E-state index contributed by atoms with van der Waals surface area (Å²) >= 11 is 1.98. The summed E-state index contributed by atoms with van der Waals surface area (Å²) in [6.45, 7) is 2.92. The van der Waals surface area contributed by atoms with Crippen LogP contribution in [0.5, 0.6) is 0 Å². The van der Waals surface area contributed by atoms with E-state index in [4.69, 9.17) is 0 Å². The lowest BCUT2D eigenvalue weighted by molar-refractivity contribution is 0.290. The fourth-order valence-corrected chi connectivity index (χ4v) is 2.61. The second-order valence-corrected chi connectivity index (χ2v) is 4.70. The largest absolute Gasteiger partial charge is 0.297 e. The maximum absolute atomic E-state index is 13.3. The molecule has 14 heavy (non-hydrogen) atoms. The second-order valence-electron chi connectivity index (χ2n) is 3.48. The van der Waals surface area contributed by atoms with Crippen LogP contribution in [0.25, 0.3) is 0 Å². The number of benzene rings is 1. The Bertz CT molecular complexity index is 297. The lowest BCUT2D eigenvalue weighted by Crippen LogP contribution is -2.32. The number of halogens is 1. The van der Waals surface area contributed by atoms with Crippen LogP contribution in [0.1, 0.15) is 5.56 Å². The highest BCUT2D eigenvalue weighted by atomic mass is 32.2. The number of hydrogen-bond acceptors (Lipinski definition) is 2. The van der Waals surface area contributed by atoms with E-state index < -0.39 is 0 Å². The van der Waals surface area contributed by atoms with Crippen molar-refractivity contribution in [3.63, 3.8) is 0 Å². The summed E-state index contributed by atoms with van der Waals surface area (Å²) < 4.78 is 13.3. The van der Waals surface area contributed by atoms with E-state index in [0.717, 1.165) is 25.2 Å². The van der Waals surface area contributed by atoms with Crippen LogP contribution in [-0.2, 0) is 6.54 Å². The van der Waals surface area contributed by atoms with E-state index in [2.05, 4.69) is 4.90 Å². The molecule has 1 nitrogen and oxygen atoms in total. The highest BCUT2D eigenvalue weighted by Gasteiger charge is 2.12. The quantitative estimate of drug-likeness (QED) is 0.739. The van der Waals surface area contributed by atoms with E-state index in [9.17, 15) is 4.39 Å². The average Bonchev–Trinajstić information content (AvgIpc) is 2.23. The molecule has 1 aliphatic rings. The van der Waals surface area contributed by atoms with Gasteiger partial charge in [-0.1, -0.05) is 18.2 Å². The number of thioether (sulfide) groups is 1. The molecule has 0 aromatic heterocycles. The van der Waals surface area contributed by atoms with Crippen LogP contribution in [0.2, 0.25) is 0 Å². The van der Waals surface area contributed by atoms with Crippen LogP contribution >= 0.6 is 11.8 Å². The first-order chi connectivity index (χ1) is 6.86. The van der Waals surface area contributed by atoms with E-state index in [1.54, 1.807) is 6.07 Å². The molecule has 0 atom stereocenters. The van der Waals surface area contributed by atoms with Crippen LogP contribution in [0.15, 0.2) is 24.3 Å². The Morgan fingerprint density at radius 1 is 1.21 bits per heavy atom. The van der Waals surface area contributed by atoms with Gasteiger partial charge in [-0.2, -0.15) is 11.8 Å². The molecular formula is C11H14FNS. The lowest BCUT2D eigenvalue weighted by atomic mass is 10.2. The first kappa shape index (κ1) is 9.99. The van der Waals surface area contributed by atoms with E-state index in [0.29, 0.717) is 0 Å². The minimum atomic E-state index is -0.0780. The molecule has 1 saturated heterocycles. The SMILES string of the molecule is Fc1ccccc1CN1CCSCC1. The molecule has 0 saturated carbocycles. The molecule has 0 bridgehead atoms. The molecule has 0 N–H and O–H groups in total. The highest BCUT2D eigenvalue weighted by molar-refractivity contribution is 7.99. The minimum Gasteiger partial charge on any atom is -0.297 e. The Morgan fingerprint density at radius 3 is 2.64 bits per heavy atom. The monoisotopic (exact) mass is 211 g/mol. The molecule has 0 radical (unpaired) electrons. The molecule has 3 heteroatoms. The summed E-state index contributed by atoms with van der Waals surface area (Å²) in [5.41, 5.74) is 0.819. The topological polar surface area (TPSA) is 3.24 Å². The van der Waals surface area contributed by atoms with E-state index >= 15 is 0 Å². The van der Waals surface area contributed by atoms with Gasteiger partial charge in [0.2, 0.25) is 0 Å². The molecule has 1 aromatic rings. The van der Waals surface area contributed by atoms with E-state index in [-0.39, 0.29) is 5.82 Å². The zero-order valence-corrected chi connectivity index (χ0v) is 8.89. The average molecular weight is 211 g/mol. The fraction of sp³-hybridized carbons (Fsp3) is 0.455. The van der Waals surface area contributed by atoms with Crippen LogP contribution in [0.3, 0.4) is 0 Å².